The van der Waals surface area contributed by atoms with Gasteiger partial charge in [0.15, 0.2) is 0 Å². The van der Waals surface area contributed by atoms with Gasteiger partial charge in [-0.25, -0.2) is 0 Å². The van der Waals surface area contributed by atoms with Gasteiger partial charge in [-0.2, -0.15) is 0 Å². The van der Waals surface area contributed by atoms with Gasteiger partial charge in [-0.05, 0) is 36.8 Å². The molecule has 2 rings (SSSR count). The van der Waals surface area contributed by atoms with Crippen molar-refractivity contribution < 1.29 is 0 Å². The van der Waals surface area contributed by atoms with Crippen molar-refractivity contribution in [2.45, 2.75) is 6.42 Å². The summed E-state index contributed by atoms with van der Waals surface area (Å²) in [4.78, 5) is 2.04. The minimum absolute atomic E-state index is 0.638. The number of hydrogen-bond acceptors (Lipinski definition) is 2. The second kappa shape index (κ2) is 4.11. The summed E-state index contributed by atoms with van der Waals surface area (Å²) in [6.07, 6.45) is 8.71. The fourth-order valence-corrected chi connectivity index (χ4v) is 1.84. The van der Waals surface area contributed by atoms with Crippen molar-refractivity contribution in [1.82, 2.24) is 4.90 Å². The van der Waals surface area contributed by atoms with E-state index in [4.69, 9.17) is 17.3 Å². The Hall–Kier alpha value is -1.21. The van der Waals surface area contributed by atoms with E-state index in [1.807, 2.05) is 30.2 Å². The summed E-state index contributed by atoms with van der Waals surface area (Å²) in [5.41, 5.74) is 12.1. The molecule has 1 aliphatic carbocycles. The van der Waals surface area contributed by atoms with Crippen LogP contribution < -0.4 is 5.73 Å². The van der Waals surface area contributed by atoms with Crippen LogP contribution in [0.5, 0.6) is 0 Å². The van der Waals surface area contributed by atoms with Crippen molar-refractivity contribution in [2.75, 3.05) is 13.6 Å². The zero-order valence-corrected chi connectivity index (χ0v) is 9.38. The van der Waals surface area contributed by atoms with E-state index in [1.165, 1.54) is 5.57 Å². The summed E-state index contributed by atoms with van der Waals surface area (Å²) >= 11 is 6.02. The maximum absolute atomic E-state index is 6.02. The Kier molecular flexibility index (Phi) is 2.83. The van der Waals surface area contributed by atoms with Crippen LogP contribution in [-0.2, 0) is 0 Å². The molecule has 2 bridgehead atoms. The van der Waals surface area contributed by atoms with Gasteiger partial charge in [-0.15, -0.1) is 0 Å². The average molecular weight is 221 g/mol. The third-order valence-electron chi connectivity index (χ3n) is 2.43. The standard InChI is InChI=1S/C12H13ClN2/c1-15-8-9(4-5-14)10-6-11(13)2-3-12(15)7-10/h2-3,6,8H,4-5,14H2,1H3. The molecule has 0 fully saturated rings. The monoisotopic (exact) mass is 220 g/mol. The van der Waals surface area contributed by atoms with Gasteiger partial charge in [0.05, 0.1) is 5.70 Å². The fraction of sp³-hybridized carbons (Fsp3) is 0.250. The number of allylic oxidation sites excluding steroid dienone is 4. The second-order valence-electron chi connectivity index (χ2n) is 3.59. The molecule has 0 atom stereocenters. The van der Waals surface area contributed by atoms with Crippen LogP contribution in [0.2, 0.25) is 0 Å². The largest absolute Gasteiger partial charge is 0.344 e. The minimum Gasteiger partial charge on any atom is -0.344 e. The van der Waals surface area contributed by atoms with Gasteiger partial charge >= 0.3 is 0 Å². The van der Waals surface area contributed by atoms with Gasteiger partial charge in [-0.3, -0.25) is 0 Å². The van der Waals surface area contributed by atoms with E-state index in [2.05, 4.69) is 11.9 Å². The molecule has 0 saturated carbocycles. The first-order chi connectivity index (χ1) is 7.20. The Labute approximate surface area is 94.7 Å². The molecule has 0 amide bonds. The van der Waals surface area contributed by atoms with Crippen molar-refractivity contribution in [3.63, 3.8) is 0 Å². The van der Waals surface area contributed by atoms with Crippen molar-refractivity contribution in [1.29, 1.82) is 0 Å². The predicted molar refractivity (Wildman–Crippen MR) is 63.1 cm³/mol. The average Bonchev–Trinajstić information content (AvgIpc) is 2.36. The zero-order chi connectivity index (χ0) is 10.8. The lowest BCUT2D eigenvalue weighted by atomic mass is 10.0. The Balaban J connectivity index is 2.44. The summed E-state index contributed by atoms with van der Waals surface area (Å²) in [5, 5.41) is 0.728. The molecule has 0 aromatic heterocycles. The Morgan fingerprint density at radius 3 is 3.00 bits per heavy atom. The van der Waals surface area contributed by atoms with Crippen molar-refractivity contribution >= 4 is 11.6 Å². The van der Waals surface area contributed by atoms with E-state index < -0.39 is 0 Å². The van der Waals surface area contributed by atoms with Crippen LogP contribution in [0.15, 0.2) is 52.0 Å². The Morgan fingerprint density at radius 1 is 1.47 bits per heavy atom. The molecule has 0 unspecified atom stereocenters. The highest BCUT2D eigenvalue weighted by Crippen LogP contribution is 2.26. The van der Waals surface area contributed by atoms with Gasteiger partial charge in [0, 0.05) is 23.9 Å². The van der Waals surface area contributed by atoms with Gasteiger partial charge in [0.1, 0.15) is 0 Å². The highest BCUT2D eigenvalue weighted by Gasteiger charge is 2.13. The topological polar surface area (TPSA) is 29.3 Å². The van der Waals surface area contributed by atoms with Crippen LogP contribution in [0.25, 0.3) is 0 Å². The van der Waals surface area contributed by atoms with Crippen molar-refractivity contribution in [3.05, 3.63) is 52.0 Å². The molecule has 2 nitrogen and oxygen atoms in total. The fourth-order valence-electron chi connectivity index (χ4n) is 1.67. The van der Waals surface area contributed by atoms with Crippen LogP contribution in [0.4, 0.5) is 0 Å². The maximum Gasteiger partial charge on any atom is 0.0843 e. The number of halogens is 1. The molecule has 0 spiro atoms. The summed E-state index contributed by atoms with van der Waals surface area (Å²) in [7, 11) is 2.00. The van der Waals surface area contributed by atoms with Crippen LogP contribution in [-0.4, -0.2) is 18.5 Å². The Morgan fingerprint density at radius 2 is 2.27 bits per heavy atom. The second-order valence-corrected chi connectivity index (χ2v) is 4.03. The van der Waals surface area contributed by atoms with Crippen LogP contribution in [0.3, 0.4) is 0 Å². The summed E-state index contributed by atoms with van der Waals surface area (Å²) in [6, 6.07) is 0. The Bertz CT molecular complexity index is 435. The first-order valence-corrected chi connectivity index (χ1v) is 5.28. The summed E-state index contributed by atoms with van der Waals surface area (Å²) in [6.45, 7) is 0.638. The van der Waals surface area contributed by atoms with E-state index in [1.54, 1.807) is 0 Å². The van der Waals surface area contributed by atoms with Gasteiger partial charge in [0.2, 0.25) is 0 Å². The first kappa shape index (κ1) is 10.3. The molecule has 78 valence electrons. The van der Waals surface area contributed by atoms with Crippen molar-refractivity contribution in [2.24, 2.45) is 5.73 Å². The number of nitrogens with two attached hydrogens (primary N) is 1. The lowest BCUT2D eigenvalue weighted by Crippen LogP contribution is -2.14. The molecule has 2 N–H and O–H groups in total. The highest BCUT2D eigenvalue weighted by atomic mass is 35.5. The van der Waals surface area contributed by atoms with E-state index in [0.717, 1.165) is 22.7 Å². The summed E-state index contributed by atoms with van der Waals surface area (Å²) < 4.78 is 0. The number of nitrogens with zero attached hydrogens (tertiary/aromatic N) is 1. The molecule has 1 heterocycles. The van der Waals surface area contributed by atoms with Crippen LogP contribution in [0.1, 0.15) is 6.42 Å². The van der Waals surface area contributed by atoms with E-state index in [-0.39, 0.29) is 0 Å². The smallest absolute Gasteiger partial charge is 0.0843 e. The SMILES string of the molecule is CN1C=C(CCN)C2=C=C1C=CC(Cl)=C2. The first-order valence-electron chi connectivity index (χ1n) is 4.91. The lowest BCUT2D eigenvalue weighted by Gasteiger charge is -2.20. The van der Waals surface area contributed by atoms with Gasteiger partial charge in [-0.1, -0.05) is 17.3 Å². The molecule has 0 radical (unpaired) electrons. The van der Waals surface area contributed by atoms with Gasteiger partial charge < -0.3 is 10.6 Å². The molecule has 0 aromatic carbocycles. The van der Waals surface area contributed by atoms with Crippen LogP contribution in [0, 0.1) is 0 Å². The molecular formula is C12H13ClN2. The number of rotatable bonds is 2. The van der Waals surface area contributed by atoms with Crippen LogP contribution >= 0.6 is 11.6 Å². The molecular weight excluding hydrogens is 208 g/mol. The van der Waals surface area contributed by atoms with Crippen molar-refractivity contribution in [3.8, 4) is 0 Å². The number of likely N-dealkylation sites (N-methyl/N-ethyl adjacent to an activating group) is 1. The summed E-state index contributed by atoms with van der Waals surface area (Å²) in [5.74, 6) is 0. The lowest BCUT2D eigenvalue weighted by molar-refractivity contribution is 0.576. The normalized spacial score (nSPS) is 19.0. The van der Waals surface area contributed by atoms with Gasteiger partial charge in [0.25, 0.3) is 0 Å². The highest BCUT2D eigenvalue weighted by molar-refractivity contribution is 6.31. The molecule has 1 aliphatic heterocycles. The predicted octanol–water partition coefficient (Wildman–Crippen LogP) is 2.27. The molecule has 2 aliphatic rings. The third kappa shape index (κ3) is 2.07. The molecule has 15 heavy (non-hydrogen) atoms. The molecule has 0 aromatic rings. The van der Waals surface area contributed by atoms with E-state index in [9.17, 15) is 0 Å². The quantitative estimate of drug-likeness (QED) is 0.724. The number of hydrogen-bond donors (Lipinski definition) is 1. The molecule has 3 heteroatoms. The molecule has 0 saturated heterocycles. The zero-order valence-electron chi connectivity index (χ0n) is 8.63. The maximum atomic E-state index is 6.02. The van der Waals surface area contributed by atoms with E-state index >= 15 is 0 Å². The minimum atomic E-state index is 0.638. The third-order valence-corrected chi connectivity index (χ3v) is 2.67. The van der Waals surface area contributed by atoms with E-state index in [0.29, 0.717) is 6.54 Å².